The van der Waals surface area contributed by atoms with Gasteiger partial charge in [0.25, 0.3) is 6.29 Å². The number of rotatable bonds is 6. The molecule has 2 N–H and O–H groups in total. The van der Waals surface area contributed by atoms with Crippen molar-refractivity contribution in [1.29, 1.82) is 0 Å². The molecule has 1 rings (SSSR count). The summed E-state index contributed by atoms with van der Waals surface area (Å²) < 4.78 is 5.20. The van der Waals surface area contributed by atoms with Crippen LogP contribution in [0.5, 0.6) is 0 Å². The van der Waals surface area contributed by atoms with E-state index in [4.69, 9.17) is 15.3 Å². The smallest absolute Gasteiger partial charge is 0.312 e. The minimum atomic E-state index is -0.561. The van der Waals surface area contributed by atoms with Gasteiger partial charge >= 0.3 is 5.97 Å². The molecule has 0 amide bonds. The first-order valence-electron chi connectivity index (χ1n) is 6.25. The molecular formula is C13H18N3O4S. The molecule has 0 aliphatic carbocycles. The van der Waals surface area contributed by atoms with Crippen LogP contribution in [0, 0.1) is 5.92 Å². The lowest BCUT2D eigenvalue weighted by molar-refractivity contribution is -0.161. The molecule has 7 nitrogen and oxygen atoms in total. The number of aromatic nitrogens is 1. The summed E-state index contributed by atoms with van der Waals surface area (Å²) in [5, 5.41) is 5.50. The lowest BCUT2D eigenvalue weighted by Gasteiger charge is -2.21. The number of carbonyl (C=O) groups excluding carboxylic acids is 2. The highest BCUT2D eigenvalue weighted by atomic mass is 32.1. The number of carbonyl (C=O) groups is 1. The maximum absolute atomic E-state index is 11.7. The average molecular weight is 312 g/mol. The second-order valence-electron chi connectivity index (χ2n) is 5.34. The number of nitrogen functional groups attached to an aromatic ring is 1. The molecule has 8 heteroatoms. The van der Waals surface area contributed by atoms with Crippen LogP contribution in [-0.2, 0) is 19.2 Å². The maximum atomic E-state index is 11.7. The van der Waals surface area contributed by atoms with Gasteiger partial charge in [-0.25, -0.2) is 4.98 Å². The number of oxime groups is 1. The van der Waals surface area contributed by atoms with Crippen molar-refractivity contribution in [3.8, 4) is 0 Å². The highest BCUT2D eigenvalue weighted by Gasteiger charge is 2.22. The highest BCUT2D eigenvalue weighted by molar-refractivity contribution is 7.13. The molecule has 21 heavy (non-hydrogen) atoms. The Balaban J connectivity index is 2.56. The normalized spacial score (nSPS) is 13.6. The van der Waals surface area contributed by atoms with E-state index in [9.17, 15) is 9.59 Å². The fraction of sp³-hybridized carbons (Fsp3) is 0.538. The van der Waals surface area contributed by atoms with E-state index >= 15 is 0 Å². The maximum Gasteiger partial charge on any atom is 0.312 e. The van der Waals surface area contributed by atoms with Crippen molar-refractivity contribution in [2.24, 2.45) is 11.1 Å². The molecule has 1 heterocycles. The first kappa shape index (κ1) is 17.1. The lowest BCUT2D eigenvalue weighted by Crippen LogP contribution is -2.29. The summed E-state index contributed by atoms with van der Waals surface area (Å²) in [6.07, 6.45) is 1.62. The molecule has 1 unspecified atom stereocenters. The molecule has 0 aromatic carbocycles. The second kappa shape index (κ2) is 7.16. The Labute approximate surface area is 127 Å². The van der Waals surface area contributed by atoms with E-state index in [1.807, 2.05) is 0 Å². The first-order valence-corrected chi connectivity index (χ1v) is 7.13. The van der Waals surface area contributed by atoms with Crippen molar-refractivity contribution in [3.05, 3.63) is 11.1 Å². The van der Waals surface area contributed by atoms with Crippen LogP contribution in [0.1, 0.15) is 33.4 Å². The summed E-state index contributed by atoms with van der Waals surface area (Å²) in [7, 11) is 0. The van der Waals surface area contributed by atoms with Gasteiger partial charge in [0, 0.05) is 5.38 Å². The van der Waals surface area contributed by atoms with E-state index in [0.717, 1.165) is 0 Å². The molecule has 115 valence electrons. The molecule has 0 aliphatic rings. The van der Waals surface area contributed by atoms with Gasteiger partial charge in [0.2, 0.25) is 0 Å². The summed E-state index contributed by atoms with van der Waals surface area (Å²) >= 11 is 1.18. The first-order chi connectivity index (χ1) is 9.73. The van der Waals surface area contributed by atoms with Crippen molar-refractivity contribution >= 4 is 34.4 Å². The number of hydrogen-bond acceptors (Lipinski definition) is 8. The zero-order valence-electron chi connectivity index (χ0n) is 12.4. The van der Waals surface area contributed by atoms with E-state index in [2.05, 4.69) is 10.1 Å². The molecule has 0 saturated heterocycles. The van der Waals surface area contributed by atoms with Gasteiger partial charge in [0.1, 0.15) is 17.9 Å². The summed E-state index contributed by atoms with van der Waals surface area (Å²) in [6, 6.07) is 0. The van der Waals surface area contributed by atoms with Gasteiger partial charge in [-0.1, -0.05) is 5.16 Å². The van der Waals surface area contributed by atoms with Gasteiger partial charge in [0.15, 0.2) is 10.8 Å². The third-order valence-corrected chi connectivity index (χ3v) is 2.82. The third kappa shape index (κ3) is 5.90. The summed E-state index contributed by atoms with van der Waals surface area (Å²) in [5.41, 5.74) is 5.10. The highest BCUT2D eigenvalue weighted by Crippen LogP contribution is 2.13. The minimum absolute atomic E-state index is 0.0142. The number of hydrogen-bond donors (Lipinski definition) is 1. The summed E-state index contributed by atoms with van der Waals surface area (Å²) in [5.74, 6) is -0.909. The van der Waals surface area contributed by atoms with Gasteiger partial charge in [-0.05, 0) is 27.7 Å². The van der Waals surface area contributed by atoms with Gasteiger partial charge in [-0.15, -0.1) is 11.3 Å². The van der Waals surface area contributed by atoms with Crippen LogP contribution < -0.4 is 5.73 Å². The van der Waals surface area contributed by atoms with Crippen molar-refractivity contribution in [1.82, 2.24) is 4.98 Å². The lowest BCUT2D eigenvalue weighted by atomic mass is 10.1. The van der Waals surface area contributed by atoms with Crippen LogP contribution in [-0.4, -0.2) is 35.2 Å². The Bertz CT molecular complexity index is 534. The Morgan fingerprint density at radius 1 is 1.57 bits per heavy atom. The zero-order valence-corrected chi connectivity index (χ0v) is 13.2. The van der Waals surface area contributed by atoms with E-state index in [1.54, 1.807) is 39.4 Å². The Hall–Kier alpha value is -1.96. The monoisotopic (exact) mass is 312 g/mol. The van der Waals surface area contributed by atoms with Gasteiger partial charge in [-0.2, -0.15) is 0 Å². The van der Waals surface area contributed by atoms with Crippen LogP contribution in [0.4, 0.5) is 5.13 Å². The molecule has 1 aromatic heterocycles. The Kier molecular flexibility index (Phi) is 5.83. The number of thiazole rings is 1. The predicted octanol–water partition coefficient (Wildman–Crippen LogP) is 1.53. The number of nitrogens with two attached hydrogens (primary N) is 1. The molecule has 0 saturated carbocycles. The van der Waals surface area contributed by atoms with Gasteiger partial charge in [-0.3, -0.25) is 9.59 Å². The number of nitrogens with zero attached hydrogens (tertiary/aromatic N) is 2. The van der Waals surface area contributed by atoms with Gasteiger partial charge in [0.05, 0.1) is 5.92 Å². The Morgan fingerprint density at radius 2 is 2.24 bits per heavy atom. The molecule has 1 atom stereocenters. The second-order valence-corrected chi connectivity index (χ2v) is 6.23. The fourth-order valence-corrected chi connectivity index (χ4v) is 1.75. The van der Waals surface area contributed by atoms with Crippen LogP contribution in [0.15, 0.2) is 10.5 Å². The summed E-state index contributed by atoms with van der Waals surface area (Å²) in [6.45, 7) is 6.97. The van der Waals surface area contributed by atoms with Crippen molar-refractivity contribution in [3.63, 3.8) is 0 Å². The average Bonchev–Trinajstić information content (AvgIpc) is 2.78. The molecular weight excluding hydrogens is 294 g/mol. The zero-order chi connectivity index (χ0) is 16.0. The SMILES string of the molecule is CC(CO/N=C(\[C]=O)c1csc(N)n1)C(=O)OC(C)(C)C. The van der Waals surface area contributed by atoms with Crippen molar-refractivity contribution < 1.29 is 19.2 Å². The molecule has 0 aliphatic heterocycles. The minimum Gasteiger partial charge on any atom is -0.460 e. The fourth-order valence-electron chi connectivity index (χ4n) is 1.20. The van der Waals surface area contributed by atoms with Crippen molar-refractivity contribution in [2.45, 2.75) is 33.3 Å². The number of anilines is 1. The molecule has 1 aromatic rings. The Morgan fingerprint density at radius 3 is 2.71 bits per heavy atom. The van der Waals surface area contributed by atoms with Crippen molar-refractivity contribution in [2.75, 3.05) is 12.3 Å². The van der Waals surface area contributed by atoms with Crippen LogP contribution in [0.25, 0.3) is 0 Å². The van der Waals surface area contributed by atoms with Crippen LogP contribution in [0.2, 0.25) is 0 Å². The third-order valence-electron chi connectivity index (χ3n) is 2.15. The quantitative estimate of drug-likeness (QED) is 0.485. The largest absolute Gasteiger partial charge is 0.460 e. The van der Waals surface area contributed by atoms with Crippen LogP contribution >= 0.6 is 11.3 Å². The van der Waals surface area contributed by atoms with E-state index in [-0.39, 0.29) is 18.0 Å². The molecule has 0 bridgehead atoms. The standard InChI is InChI=1S/C13H18N3O4S/c1-8(11(18)20-13(2,3)4)6-19-16-9(5-17)10-7-21-12(14)15-10/h7-8H,6H2,1-4H3,(H2,14,15)/b16-9+. The predicted molar refractivity (Wildman–Crippen MR) is 79.7 cm³/mol. The van der Waals surface area contributed by atoms with E-state index < -0.39 is 17.5 Å². The summed E-state index contributed by atoms with van der Waals surface area (Å²) in [4.78, 5) is 31.4. The molecule has 0 fully saturated rings. The molecule has 0 spiro atoms. The van der Waals surface area contributed by atoms with E-state index in [1.165, 1.54) is 11.3 Å². The van der Waals surface area contributed by atoms with Crippen LogP contribution in [0.3, 0.4) is 0 Å². The molecule has 1 radical (unpaired) electrons. The van der Waals surface area contributed by atoms with Gasteiger partial charge < -0.3 is 15.3 Å². The topological polar surface area (TPSA) is 104 Å². The number of esters is 1. The van der Waals surface area contributed by atoms with E-state index in [0.29, 0.717) is 5.13 Å². The number of ether oxygens (including phenoxy) is 1.